The van der Waals surface area contributed by atoms with Crippen LogP contribution >= 0.6 is 15.9 Å². The average molecular weight is 327 g/mol. The van der Waals surface area contributed by atoms with Crippen LogP contribution in [-0.4, -0.2) is 15.7 Å². The maximum absolute atomic E-state index is 12.9. The van der Waals surface area contributed by atoms with Crippen molar-refractivity contribution < 1.29 is 9.18 Å². The second kappa shape index (κ2) is 5.40. The van der Waals surface area contributed by atoms with E-state index in [9.17, 15) is 9.18 Å². The first kappa shape index (κ1) is 13.5. The van der Waals surface area contributed by atoms with Crippen molar-refractivity contribution in [1.82, 2.24) is 9.78 Å². The van der Waals surface area contributed by atoms with Crippen molar-refractivity contribution >= 4 is 33.2 Å². The van der Waals surface area contributed by atoms with Crippen LogP contribution < -0.4 is 11.1 Å². The molecule has 100 valence electrons. The van der Waals surface area contributed by atoms with E-state index in [0.29, 0.717) is 5.69 Å². The van der Waals surface area contributed by atoms with Crippen molar-refractivity contribution in [2.45, 2.75) is 13.0 Å². The number of aromatic nitrogens is 2. The van der Waals surface area contributed by atoms with Crippen molar-refractivity contribution in [2.24, 2.45) is 0 Å². The van der Waals surface area contributed by atoms with Gasteiger partial charge in [-0.3, -0.25) is 9.48 Å². The van der Waals surface area contributed by atoms with E-state index >= 15 is 0 Å². The molecule has 1 atom stereocenters. The van der Waals surface area contributed by atoms with Gasteiger partial charge in [-0.05, 0) is 41.1 Å². The summed E-state index contributed by atoms with van der Waals surface area (Å²) in [6.07, 6.45) is 3.29. The molecular weight excluding hydrogens is 315 g/mol. The van der Waals surface area contributed by atoms with Gasteiger partial charge in [-0.1, -0.05) is 0 Å². The Balaban J connectivity index is 2.12. The quantitative estimate of drug-likeness (QED) is 0.851. The minimum absolute atomic E-state index is 0.183. The zero-order chi connectivity index (χ0) is 14.0. The van der Waals surface area contributed by atoms with E-state index in [2.05, 4.69) is 26.3 Å². The number of hydrogen-bond acceptors (Lipinski definition) is 3. The number of amides is 1. The molecule has 0 bridgehead atoms. The number of halogens is 2. The fraction of sp³-hybridized carbons (Fsp3) is 0.167. The van der Waals surface area contributed by atoms with Crippen molar-refractivity contribution in [2.75, 3.05) is 11.1 Å². The summed E-state index contributed by atoms with van der Waals surface area (Å²) in [7, 11) is 0. The number of nitrogens with one attached hydrogen (secondary N) is 1. The van der Waals surface area contributed by atoms with E-state index in [0.717, 1.165) is 10.5 Å². The number of carbonyl (C=O) groups is 1. The Morgan fingerprint density at radius 2 is 2.32 bits per heavy atom. The molecule has 1 unspecified atom stereocenters. The molecule has 7 heteroatoms. The lowest BCUT2D eigenvalue weighted by molar-refractivity contribution is -0.119. The summed E-state index contributed by atoms with van der Waals surface area (Å²) >= 11 is 3.26. The molecule has 0 radical (unpaired) electrons. The Morgan fingerprint density at radius 1 is 1.58 bits per heavy atom. The van der Waals surface area contributed by atoms with Crippen molar-refractivity contribution in [3.63, 3.8) is 0 Å². The third kappa shape index (κ3) is 3.11. The van der Waals surface area contributed by atoms with Gasteiger partial charge < -0.3 is 11.1 Å². The highest BCUT2D eigenvalue weighted by molar-refractivity contribution is 9.10. The lowest BCUT2D eigenvalue weighted by atomic mass is 10.2. The van der Waals surface area contributed by atoms with Gasteiger partial charge in [-0.15, -0.1) is 0 Å². The van der Waals surface area contributed by atoms with Crippen LogP contribution in [0.4, 0.5) is 15.8 Å². The van der Waals surface area contributed by atoms with Crippen molar-refractivity contribution in [3.8, 4) is 0 Å². The lowest BCUT2D eigenvalue weighted by Crippen LogP contribution is -2.24. The minimum Gasteiger partial charge on any atom is -0.397 e. The molecule has 0 saturated carbocycles. The summed E-state index contributed by atoms with van der Waals surface area (Å²) in [5, 5.41) is 6.67. The van der Waals surface area contributed by atoms with Gasteiger partial charge >= 0.3 is 0 Å². The number of anilines is 2. The van der Waals surface area contributed by atoms with Gasteiger partial charge in [0.25, 0.3) is 0 Å². The van der Waals surface area contributed by atoms with Gasteiger partial charge in [0.05, 0.1) is 22.0 Å². The van der Waals surface area contributed by atoms with E-state index in [4.69, 9.17) is 5.73 Å². The van der Waals surface area contributed by atoms with Gasteiger partial charge in [-0.25, -0.2) is 4.39 Å². The van der Waals surface area contributed by atoms with E-state index < -0.39 is 11.9 Å². The van der Waals surface area contributed by atoms with Crippen LogP contribution in [0.25, 0.3) is 0 Å². The first-order valence-electron chi connectivity index (χ1n) is 5.53. The Bertz CT molecular complexity index is 614. The Kier molecular flexibility index (Phi) is 3.84. The van der Waals surface area contributed by atoms with Crippen molar-refractivity contribution in [3.05, 3.63) is 40.9 Å². The summed E-state index contributed by atoms with van der Waals surface area (Å²) in [6.45, 7) is 1.70. The third-order valence-electron chi connectivity index (χ3n) is 2.62. The first-order valence-corrected chi connectivity index (χ1v) is 6.32. The standard InChI is InChI=1S/C12H12BrFN4O/c1-7(18-6-8(13)5-16-18)12(19)17-11-3-2-9(14)4-10(11)15/h2-7H,15H2,1H3,(H,17,19). The number of nitrogen functional groups attached to an aromatic ring is 1. The van der Waals surface area contributed by atoms with Crippen LogP contribution in [0.3, 0.4) is 0 Å². The molecule has 2 aromatic rings. The van der Waals surface area contributed by atoms with Crippen molar-refractivity contribution in [1.29, 1.82) is 0 Å². The average Bonchev–Trinajstić information content (AvgIpc) is 2.78. The summed E-state index contributed by atoms with van der Waals surface area (Å²) in [4.78, 5) is 12.0. The van der Waals surface area contributed by atoms with E-state index in [-0.39, 0.29) is 11.6 Å². The molecule has 0 aliphatic rings. The molecule has 0 fully saturated rings. The van der Waals surface area contributed by atoms with Crippen LogP contribution in [0.5, 0.6) is 0 Å². The molecule has 1 amide bonds. The predicted molar refractivity (Wildman–Crippen MR) is 74.1 cm³/mol. The number of benzene rings is 1. The smallest absolute Gasteiger partial charge is 0.249 e. The Hall–Kier alpha value is -1.89. The van der Waals surface area contributed by atoms with Crippen LogP contribution in [0, 0.1) is 5.82 Å². The predicted octanol–water partition coefficient (Wildman–Crippen LogP) is 2.57. The summed E-state index contributed by atoms with van der Waals surface area (Å²) < 4.78 is 15.2. The number of carbonyl (C=O) groups excluding carboxylic acids is 1. The summed E-state index contributed by atoms with van der Waals surface area (Å²) in [6, 6.07) is 3.32. The van der Waals surface area contributed by atoms with Gasteiger partial charge in [0, 0.05) is 6.20 Å². The Morgan fingerprint density at radius 3 is 2.89 bits per heavy atom. The van der Waals surface area contributed by atoms with E-state index in [1.54, 1.807) is 19.3 Å². The molecule has 0 aliphatic carbocycles. The van der Waals surface area contributed by atoms with Crippen LogP contribution in [0.2, 0.25) is 0 Å². The molecule has 1 aromatic carbocycles. The molecule has 0 aliphatic heterocycles. The van der Waals surface area contributed by atoms with Crippen LogP contribution in [0.15, 0.2) is 35.1 Å². The molecule has 1 heterocycles. The second-order valence-corrected chi connectivity index (χ2v) is 4.95. The van der Waals surface area contributed by atoms with Gasteiger partial charge in [0.1, 0.15) is 11.9 Å². The van der Waals surface area contributed by atoms with Gasteiger partial charge in [-0.2, -0.15) is 5.10 Å². The summed E-state index contributed by atoms with van der Waals surface area (Å²) in [5.74, 6) is -0.728. The molecular formula is C12H12BrFN4O. The van der Waals surface area contributed by atoms with Crippen LogP contribution in [0.1, 0.15) is 13.0 Å². The number of rotatable bonds is 3. The molecule has 3 N–H and O–H groups in total. The maximum atomic E-state index is 12.9. The SMILES string of the molecule is CC(C(=O)Nc1ccc(F)cc1N)n1cc(Br)cn1. The molecule has 0 saturated heterocycles. The Labute approximate surface area is 117 Å². The highest BCUT2D eigenvalue weighted by Gasteiger charge is 2.16. The number of nitrogens with two attached hydrogens (primary N) is 1. The number of nitrogens with zero attached hydrogens (tertiary/aromatic N) is 2. The molecule has 5 nitrogen and oxygen atoms in total. The molecule has 0 spiro atoms. The zero-order valence-corrected chi connectivity index (χ0v) is 11.7. The summed E-state index contributed by atoms with van der Waals surface area (Å²) in [5.41, 5.74) is 6.19. The highest BCUT2D eigenvalue weighted by Crippen LogP contribution is 2.21. The van der Waals surface area contributed by atoms with Crippen LogP contribution in [-0.2, 0) is 4.79 Å². The fourth-order valence-electron chi connectivity index (χ4n) is 1.53. The lowest BCUT2D eigenvalue weighted by Gasteiger charge is -2.13. The van der Waals surface area contributed by atoms with E-state index in [1.165, 1.54) is 16.8 Å². The first-order chi connectivity index (χ1) is 8.97. The highest BCUT2D eigenvalue weighted by atomic mass is 79.9. The second-order valence-electron chi connectivity index (χ2n) is 4.04. The maximum Gasteiger partial charge on any atom is 0.249 e. The zero-order valence-electron chi connectivity index (χ0n) is 10.1. The third-order valence-corrected chi connectivity index (χ3v) is 3.03. The largest absolute Gasteiger partial charge is 0.397 e. The topological polar surface area (TPSA) is 72.9 Å². The monoisotopic (exact) mass is 326 g/mol. The molecule has 19 heavy (non-hydrogen) atoms. The fourth-order valence-corrected chi connectivity index (χ4v) is 1.83. The van der Waals surface area contributed by atoms with E-state index in [1.807, 2.05) is 0 Å². The van der Waals surface area contributed by atoms with Gasteiger partial charge in [0.15, 0.2) is 0 Å². The molecule has 2 rings (SSSR count). The number of hydrogen-bond donors (Lipinski definition) is 2. The molecule has 1 aromatic heterocycles. The minimum atomic E-state index is -0.504. The van der Waals surface area contributed by atoms with Gasteiger partial charge in [0.2, 0.25) is 5.91 Å². The normalized spacial score (nSPS) is 12.2.